The monoisotopic (exact) mass is 323 g/mol. The Morgan fingerprint density at radius 2 is 1.82 bits per heavy atom. The summed E-state index contributed by atoms with van der Waals surface area (Å²) in [4.78, 5) is 4.34. The molecule has 0 aliphatic carbocycles. The van der Waals surface area contributed by atoms with E-state index in [-0.39, 0.29) is 0 Å². The summed E-state index contributed by atoms with van der Waals surface area (Å²) < 4.78 is 22.8. The van der Waals surface area contributed by atoms with Crippen molar-refractivity contribution >= 4 is 21.5 Å². The summed E-state index contributed by atoms with van der Waals surface area (Å²) in [6.45, 7) is 4.72. The molecule has 1 heterocycles. The minimum absolute atomic E-state index is 0.317. The van der Waals surface area contributed by atoms with Gasteiger partial charge in [-0.15, -0.1) is 0 Å². The van der Waals surface area contributed by atoms with Gasteiger partial charge in [0, 0.05) is 12.2 Å². The molecular formula is C16H25N3O2S. The fraction of sp³-hybridized carbons (Fsp3) is 0.562. The molecule has 0 unspecified atom stereocenters. The number of sulfone groups is 1. The summed E-state index contributed by atoms with van der Waals surface area (Å²) in [5, 5.41) is 3.11. The molecule has 0 aromatic heterocycles. The van der Waals surface area contributed by atoms with Crippen LogP contribution in [0.1, 0.15) is 30.4 Å². The van der Waals surface area contributed by atoms with E-state index in [2.05, 4.69) is 16.4 Å². The highest BCUT2D eigenvalue weighted by molar-refractivity contribution is 7.91. The van der Waals surface area contributed by atoms with Gasteiger partial charge in [0.05, 0.1) is 11.5 Å². The number of nitrogens with zero attached hydrogens (tertiary/aromatic N) is 1. The lowest BCUT2D eigenvalue weighted by Crippen LogP contribution is -2.25. The summed E-state index contributed by atoms with van der Waals surface area (Å²) in [6.07, 6.45) is 2.40. The zero-order valence-corrected chi connectivity index (χ0v) is 14.1. The number of aliphatic imine (C=N–C) groups is 1. The largest absolute Gasteiger partial charge is 0.370 e. The molecule has 1 aliphatic heterocycles. The molecule has 0 radical (unpaired) electrons. The molecule has 122 valence electrons. The van der Waals surface area contributed by atoms with Crippen LogP contribution in [0.25, 0.3) is 0 Å². The van der Waals surface area contributed by atoms with Crippen LogP contribution in [0.2, 0.25) is 0 Å². The van der Waals surface area contributed by atoms with Gasteiger partial charge in [-0.05, 0) is 62.3 Å². The van der Waals surface area contributed by atoms with E-state index in [1.54, 1.807) is 0 Å². The van der Waals surface area contributed by atoms with E-state index in [0.717, 1.165) is 24.9 Å². The summed E-state index contributed by atoms with van der Waals surface area (Å²) >= 11 is 0. The maximum atomic E-state index is 11.4. The van der Waals surface area contributed by atoms with Gasteiger partial charge in [0.1, 0.15) is 9.84 Å². The van der Waals surface area contributed by atoms with Crippen LogP contribution in [-0.2, 0) is 9.84 Å². The molecule has 0 bridgehead atoms. The minimum atomic E-state index is -2.78. The number of guanidine groups is 1. The quantitative estimate of drug-likeness (QED) is 0.657. The number of hydrogen-bond acceptors (Lipinski definition) is 3. The number of aryl methyl sites for hydroxylation is 2. The fourth-order valence-electron chi connectivity index (χ4n) is 2.83. The molecule has 0 saturated carbocycles. The number of rotatable bonds is 4. The van der Waals surface area contributed by atoms with Gasteiger partial charge in [0.2, 0.25) is 0 Å². The van der Waals surface area contributed by atoms with E-state index in [1.807, 2.05) is 26.0 Å². The van der Waals surface area contributed by atoms with Crippen molar-refractivity contribution in [2.45, 2.75) is 33.1 Å². The third kappa shape index (κ3) is 5.33. The van der Waals surface area contributed by atoms with Gasteiger partial charge in [-0.25, -0.2) is 8.42 Å². The predicted molar refractivity (Wildman–Crippen MR) is 92.0 cm³/mol. The van der Waals surface area contributed by atoms with Crippen molar-refractivity contribution in [3.63, 3.8) is 0 Å². The first-order chi connectivity index (χ1) is 10.3. The van der Waals surface area contributed by atoms with Gasteiger partial charge in [0.25, 0.3) is 0 Å². The number of hydrogen-bond donors (Lipinski definition) is 2. The molecule has 22 heavy (non-hydrogen) atoms. The number of benzene rings is 1. The molecular weight excluding hydrogens is 298 g/mol. The van der Waals surface area contributed by atoms with E-state index in [0.29, 0.717) is 29.9 Å². The second kappa shape index (κ2) is 7.13. The number of anilines is 1. The van der Waals surface area contributed by atoms with Gasteiger partial charge in [0.15, 0.2) is 5.96 Å². The zero-order valence-electron chi connectivity index (χ0n) is 13.3. The van der Waals surface area contributed by atoms with Crippen molar-refractivity contribution in [3.8, 4) is 0 Å². The van der Waals surface area contributed by atoms with Crippen LogP contribution in [0.3, 0.4) is 0 Å². The second-order valence-corrected chi connectivity index (χ2v) is 8.46. The Bertz CT molecular complexity index is 619. The first-order valence-corrected chi connectivity index (χ1v) is 9.52. The lowest BCUT2D eigenvalue weighted by Gasteiger charge is -2.20. The normalized spacial score (nSPS) is 19.1. The molecule has 1 aromatic carbocycles. The first-order valence-electron chi connectivity index (χ1n) is 7.70. The average Bonchev–Trinajstić information content (AvgIpc) is 2.39. The Morgan fingerprint density at radius 3 is 2.41 bits per heavy atom. The van der Waals surface area contributed by atoms with Gasteiger partial charge < -0.3 is 11.1 Å². The standard InChI is InChI=1S/C16H25N3O2S/c1-12-9-13(2)11-15(10-12)19-16(17)18-6-3-14-4-7-22(20,21)8-5-14/h9-11,14H,3-8H2,1-2H3,(H3,17,18,19). The van der Waals surface area contributed by atoms with E-state index in [4.69, 9.17) is 5.73 Å². The van der Waals surface area contributed by atoms with Crippen molar-refractivity contribution < 1.29 is 8.42 Å². The third-order valence-corrected chi connectivity index (χ3v) is 5.70. The minimum Gasteiger partial charge on any atom is -0.370 e. The van der Waals surface area contributed by atoms with Crippen molar-refractivity contribution in [1.29, 1.82) is 0 Å². The molecule has 5 nitrogen and oxygen atoms in total. The van der Waals surface area contributed by atoms with Gasteiger partial charge in [-0.2, -0.15) is 0 Å². The topological polar surface area (TPSA) is 84.5 Å². The third-order valence-electron chi connectivity index (χ3n) is 3.99. The van der Waals surface area contributed by atoms with Gasteiger partial charge in [-0.3, -0.25) is 4.99 Å². The van der Waals surface area contributed by atoms with Gasteiger partial charge >= 0.3 is 0 Å². The molecule has 0 atom stereocenters. The van der Waals surface area contributed by atoms with Gasteiger partial charge in [-0.1, -0.05) is 6.07 Å². The second-order valence-electron chi connectivity index (χ2n) is 6.15. The van der Waals surface area contributed by atoms with Crippen LogP contribution in [0.15, 0.2) is 23.2 Å². The van der Waals surface area contributed by atoms with Crippen molar-refractivity contribution in [3.05, 3.63) is 29.3 Å². The highest BCUT2D eigenvalue weighted by atomic mass is 32.2. The van der Waals surface area contributed by atoms with Crippen LogP contribution in [0.5, 0.6) is 0 Å². The van der Waals surface area contributed by atoms with E-state index < -0.39 is 9.84 Å². The zero-order chi connectivity index (χ0) is 16.2. The van der Waals surface area contributed by atoms with E-state index in [9.17, 15) is 8.42 Å². The molecule has 1 aliphatic rings. The van der Waals surface area contributed by atoms with Crippen LogP contribution < -0.4 is 11.1 Å². The van der Waals surface area contributed by atoms with Crippen molar-refractivity contribution in [1.82, 2.24) is 0 Å². The average molecular weight is 323 g/mol. The highest BCUT2D eigenvalue weighted by Gasteiger charge is 2.22. The predicted octanol–water partition coefficient (Wildman–Crippen LogP) is 2.24. The fourth-order valence-corrected chi connectivity index (χ4v) is 4.42. The summed E-state index contributed by atoms with van der Waals surface area (Å²) in [7, 11) is -2.78. The summed E-state index contributed by atoms with van der Waals surface area (Å²) in [5.74, 6) is 1.49. The molecule has 6 heteroatoms. The SMILES string of the molecule is Cc1cc(C)cc(NC(N)=NCCC2CCS(=O)(=O)CC2)c1. The molecule has 2 rings (SSSR count). The Morgan fingerprint density at radius 1 is 1.23 bits per heavy atom. The van der Waals surface area contributed by atoms with Crippen molar-refractivity contribution in [2.75, 3.05) is 23.4 Å². The Hall–Kier alpha value is -1.56. The Kier molecular flexibility index (Phi) is 5.45. The molecule has 3 N–H and O–H groups in total. The Labute approximate surface area is 132 Å². The maximum Gasteiger partial charge on any atom is 0.193 e. The number of nitrogens with two attached hydrogens (primary N) is 1. The smallest absolute Gasteiger partial charge is 0.193 e. The Balaban J connectivity index is 1.80. The van der Waals surface area contributed by atoms with Crippen LogP contribution in [0, 0.1) is 19.8 Å². The highest BCUT2D eigenvalue weighted by Crippen LogP contribution is 2.21. The summed E-state index contributed by atoms with van der Waals surface area (Å²) in [6, 6.07) is 6.17. The summed E-state index contributed by atoms with van der Waals surface area (Å²) in [5.41, 5.74) is 9.21. The lowest BCUT2D eigenvalue weighted by molar-refractivity contribution is 0.441. The van der Waals surface area contributed by atoms with Crippen molar-refractivity contribution in [2.24, 2.45) is 16.6 Å². The molecule has 0 amide bonds. The maximum absolute atomic E-state index is 11.4. The van der Waals surface area contributed by atoms with Crippen LogP contribution in [-0.4, -0.2) is 32.4 Å². The molecule has 1 aromatic rings. The van der Waals surface area contributed by atoms with E-state index >= 15 is 0 Å². The first kappa shape index (κ1) is 16.8. The molecule has 1 fully saturated rings. The molecule has 1 saturated heterocycles. The van der Waals surface area contributed by atoms with E-state index in [1.165, 1.54) is 11.1 Å². The molecule has 0 spiro atoms. The van der Waals surface area contributed by atoms with Crippen LogP contribution >= 0.6 is 0 Å². The lowest BCUT2D eigenvalue weighted by atomic mass is 9.99. The number of nitrogens with one attached hydrogen (secondary N) is 1. The van der Waals surface area contributed by atoms with Crippen LogP contribution in [0.4, 0.5) is 5.69 Å².